The predicted octanol–water partition coefficient (Wildman–Crippen LogP) is 2.33. The highest BCUT2D eigenvalue weighted by Gasteiger charge is 2.19. The lowest BCUT2D eigenvalue weighted by molar-refractivity contribution is -0.384. The summed E-state index contributed by atoms with van der Waals surface area (Å²) >= 11 is 0. The Morgan fingerprint density at radius 3 is 2.41 bits per heavy atom. The van der Waals surface area contributed by atoms with E-state index in [9.17, 15) is 18.5 Å². The number of benzene rings is 2. The van der Waals surface area contributed by atoms with Crippen LogP contribution in [0.3, 0.4) is 0 Å². The molecule has 1 atom stereocenters. The van der Waals surface area contributed by atoms with Crippen molar-refractivity contribution >= 4 is 15.7 Å². The van der Waals surface area contributed by atoms with Crippen molar-refractivity contribution in [2.45, 2.75) is 11.8 Å². The molecule has 0 aliphatic carbocycles. The molecule has 9 heteroatoms. The molecule has 0 saturated carbocycles. The third-order valence-electron chi connectivity index (χ3n) is 4.10. The van der Waals surface area contributed by atoms with Gasteiger partial charge in [-0.05, 0) is 37.4 Å². The zero-order valence-corrected chi connectivity index (χ0v) is 16.3. The third-order valence-corrected chi connectivity index (χ3v) is 5.42. The predicted molar refractivity (Wildman–Crippen MR) is 103 cm³/mol. The number of likely N-dealkylation sites (N-methyl/N-ethyl adjacent to an activating group) is 1. The Morgan fingerprint density at radius 1 is 1.19 bits per heavy atom. The number of non-ortho nitro benzene ring substituents is 1. The maximum atomic E-state index is 12.4. The molecular weight excluding hydrogens is 370 g/mol. The van der Waals surface area contributed by atoms with Crippen LogP contribution in [0.15, 0.2) is 48.5 Å². The Bertz CT molecular complexity index is 882. The number of nitrogens with one attached hydrogen (secondary N) is 1. The van der Waals surface area contributed by atoms with Crippen molar-refractivity contribution in [1.82, 2.24) is 9.62 Å². The molecule has 1 unspecified atom stereocenters. The Balaban J connectivity index is 2.07. The highest BCUT2D eigenvalue weighted by molar-refractivity contribution is 7.88. The Morgan fingerprint density at radius 2 is 1.85 bits per heavy atom. The summed E-state index contributed by atoms with van der Waals surface area (Å²) in [6.07, 6.45) is 0. The van der Waals surface area contributed by atoms with Crippen LogP contribution < -0.4 is 9.46 Å². The van der Waals surface area contributed by atoms with Crippen molar-refractivity contribution in [3.8, 4) is 5.75 Å². The molecule has 0 fully saturated rings. The zero-order chi connectivity index (χ0) is 20.0. The smallest absolute Gasteiger partial charge is 0.269 e. The minimum absolute atomic E-state index is 0.0743. The van der Waals surface area contributed by atoms with E-state index in [1.807, 2.05) is 43.3 Å². The molecule has 0 aliphatic rings. The van der Waals surface area contributed by atoms with E-state index in [0.717, 1.165) is 5.56 Å². The van der Waals surface area contributed by atoms with Gasteiger partial charge in [-0.25, -0.2) is 13.1 Å². The minimum Gasteiger partial charge on any atom is -0.497 e. The monoisotopic (exact) mass is 393 g/mol. The van der Waals surface area contributed by atoms with Gasteiger partial charge in [0.15, 0.2) is 0 Å². The number of ether oxygens (including phenoxy) is 1. The molecular formula is C18H23N3O5S. The summed E-state index contributed by atoms with van der Waals surface area (Å²) in [5.74, 6) is 0.455. The lowest BCUT2D eigenvalue weighted by Gasteiger charge is -2.25. The number of rotatable bonds is 9. The fourth-order valence-electron chi connectivity index (χ4n) is 2.64. The summed E-state index contributed by atoms with van der Waals surface area (Å²) in [7, 11) is 1.72. The van der Waals surface area contributed by atoms with Crippen LogP contribution in [0.4, 0.5) is 5.69 Å². The van der Waals surface area contributed by atoms with Gasteiger partial charge in [-0.15, -0.1) is 0 Å². The molecule has 0 radical (unpaired) electrons. The molecule has 0 aromatic heterocycles. The first-order chi connectivity index (χ1) is 12.7. The van der Waals surface area contributed by atoms with Crippen molar-refractivity contribution in [3.63, 3.8) is 0 Å². The molecule has 0 bridgehead atoms. The number of hydrogen-bond acceptors (Lipinski definition) is 6. The number of sulfonamides is 1. The molecule has 0 spiro atoms. The van der Waals surface area contributed by atoms with Crippen LogP contribution in [-0.2, 0) is 15.8 Å². The second-order valence-electron chi connectivity index (χ2n) is 6.29. The van der Waals surface area contributed by atoms with Crippen LogP contribution in [-0.4, -0.2) is 46.0 Å². The fraction of sp³-hybridized carbons (Fsp3) is 0.333. The summed E-state index contributed by atoms with van der Waals surface area (Å²) in [6, 6.07) is 12.8. The van der Waals surface area contributed by atoms with Crippen molar-refractivity contribution in [3.05, 3.63) is 69.8 Å². The third kappa shape index (κ3) is 6.02. The molecule has 0 saturated heterocycles. The summed E-state index contributed by atoms with van der Waals surface area (Å²) in [6.45, 7) is 0.190. The zero-order valence-electron chi connectivity index (χ0n) is 15.5. The van der Waals surface area contributed by atoms with Crippen LogP contribution in [0.5, 0.6) is 5.75 Å². The summed E-state index contributed by atoms with van der Waals surface area (Å²) < 4.78 is 32.7. The van der Waals surface area contributed by atoms with Gasteiger partial charge in [0.1, 0.15) is 5.75 Å². The molecule has 2 rings (SSSR count). The lowest BCUT2D eigenvalue weighted by Crippen LogP contribution is -2.35. The van der Waals surface area contributed by atoms with Crippen molar-refractivity contribution in [2.24, 2.45) is 0 Å². The minimum atomic E-state index is -3.60. The first-order valence-electron chi connectivity index (χ1n) is 8.23. The summed E-state index contributed by atoms with van der Waals surface area (Å²) in [5, 5.41) is 10.7. The molecule has 2 aromatic carbocycles. The highest BCUT2D eigenvalue weighted by atomic mass is 32.2. The van der Waals surface area contributed by atoms with E-state index in [0.29, 0.717) is 11.3 Å². The number of nitro benzene ring substituents is 1. The van der Waals surface area contributed by atoms with E-state index in [1.54, 1.807) is 7.11 Å². The molecule has 0 aliphatic heterocycles. The van der Waals surface area contributed by atoms with Gasteiger partial charge in [0.25, 0.3) is 5.69 Å². The van der Waals surface area contributed by atoms with Crippen molar-refractivity contribution in [1.29, 1.82) is 0 Å². The fourth-order valence-corrected chi connectivity index (χ4v) is 3.78. The first kappa shape index (κ1) is 20.8. The maximum Gasteiger partial charge on any atom is 0.269 e. The molecule has 27 heavy (non-hydrogen) atoms. The van der Waals surface area contributed by atoms with Gasteiger partial charge in [-0.1, -0.05) is 24.3 Å². The van der Waals surface area contributed by atoms with E-state index in [-0.39, 0.29) is 24.0 Å². The lowest BCUT2D eigenvalue weighted by atomic mass is 10.1. The summed E-state index contributed by atoms with van der Waals surface area (Å²) in [4.78, 5) is 12.1. The van der Waals surface area contributed by atoms with E-state index in [4.69, 9.17) is 4.74 Å². The molecule has 1 N–H and O–H groups in total. The molecule has 8 nitrogen and oxygen atoms in total. The Hall–Kier alpha value is -2.49. The van der Waals surface area contributed by atoms with Crippen molar-refractivity contribution in [2.75, 3.05) is 27.7 Å². The number of hydrogen-bond donors (Lipinski definition) is 1. The van der Waals surface area contributed by atoms with Gasteiger partial charge in [0, 0.05) is 24.7 Å². The van der Waals surface area contributed by atoms with Crippen LogP contribution in [0, 0.1) is 10.1 Å². The summed E-state index contributed by atoms with van der Waals surface area (Å²) in [5.41, 5.74) is 1.34. The number of methoxy groups -OCH3 is 1. The molecule has 0 heterocycles. The van der Waals surface area contributed by atoms with E-state index < -0.39 is 14.9 Å². The quantitative estimate of drug-likeness (QED) is 0.518. The topological polar surface area (TPSA) is 102 Å². The van der Waals surface area contributed by atoms with Gasteiger partial charge in [-0.2, -0.15) is 0 Å². The van der Waals surface area contributed by atoms with Gasteiger partial charge in [0.2, 0.25) is 10.0 Å². The Labute approximate surface area is 159 Å². The SMILES string of the molecule is COc1cccc(C(CNS(=O)(=O)Cc2ccc([N+](=O)[O-])cc2)N(C)C)c1. The molecule has 0 amide bonds. The van der Waals surface area contributed by atoms with Crippen LogP contribution >= 0.6 is 0 Å². The van der Waals surface area contributed by atoms with E-state index in [1.165, 1.54) is 24.3 Å². The van der Waals surface area contributed by atoms with Crippen LogP contribution in [0.25, 0.3) is 0 Å². The second kappa shape index (κ2) is 8.94. The maximum absolute atomic E-state index is 12.4. The second-order valence-corrected chi connectivity index (χ2v) is 8.09. The van der Waals surface area contributed by atoms with E-state index >= 15 is 0 Å². The standard InChI is InChI=1S/C18H23N3O5S/c1-20(2)18(15-5-4-6-17(11-15)26-3)12-19-27(24,25)13-14-7-9-16(10-8-14)21(22)23/h4-11,18-19H,12-13H2,1-3H3. The van der Waals surface area contributed by atoms with Gasteiger partial charge < -0.3 is 9.64 Å². The largest absolute Gasteiger partial charge is 0.497 e. The van der Waals surface area contributed by atoms with E-state index in [2.05, 4.69) is 4.72 Å². The highest BCUT2D eigenvalue weighted by Crippen LogP contribution is 2.22. The average molecular weight is 393 g/mol. The number of nitrogens with zero attached hydrogens (tertiary/aromatic N) is 2. The first-order valence-corrected chi connectivity index (χ1v) is 9.88. The number of nitro groups is 1. The van der Waals surface area contributed by atoms with Gasteiger partial charge >= 0.3 is 0 Å². The van der Waals surface area contributed by atoms with Gasteiger partial charge in [-0.3, -0.25) is 10.1 Å². The van der Waals surface area contributed by atoms with Crippen LogP contribution in [0.1, 0.15) is 17.2 Å². The van der Waals surface area contributed by atoms with Gasteiger partial charge in [0.05, 0.1) is 17.8 Å². The van der Waals surface area contributed by atoms with Crippen molar-refractivity contribution < 1.29 is 18.1 Å². The molecule has 146 valence electrons. The van der Waals surface area contributed by atoms with Crippen LogP contribution in [0.2, 0.25) is 0 Å². The Kier molecular flexibility index (Phi) is 6.89. The normalized spacial score (nSPS) is 12.7. The molecule has 2 aromatic rings. The average Bonchev–Trinajstić information content (AvgIpc) is 2.61.